The maximum atomic E-state index is 13.7. The Hall–Kier alpha value is -1.09. The summed E-state index contributed by atoms with van der Waals surface area (Å²) in [7, 11) is 2.09. The molecule has 3 heteroatoms. The lowest BCUT2D eigenvalue weighted by Crippen LogP contribution is -2.29. The normalized spacial score (nSPS) is 15.9. The summed E-state index contributed by atoms with van der Waals surface area (Å²) >= 11 is 0. The third-order valence-electron chi connectivity index (χ3n) is 3.98. The van der Waals surface area contributed by atoms with E-state index in [1.54, 1.807) is 12.1 Å². The quantitative estimate of drug-likeness (QED) is 0.788. The molecule has 0 spiro atoms. The zero-order chi connectivity index (χ0) is 13.7. The molecule has 1 aliphatic carbocycles. The molecule has 19 heavy (non-hydrogen) atoms. The topological polar surface area (TPSA) is 15.3 Å². The summed E-state index contributed by atoms with van der Waals surface area (Å²) < 4.78 is 13.7. The fraction of sp³-hybridized carbons (Fsp3) is 0.625. The van der Waals surface area contributed by atoms with Gasteiger partial charge in [-0.25, -0.2) is 4.39 Å². The van der Waals surface area contributed by atoms with Crippen LogP contribution in [-0.4, -0.2) is 19.6 Å². The highest BCUT2D eigenvalue weighted by atomic mass is 19.1. The molecule has 106 valence electrons. The van der Waals surface area contributed by atoms with Crippen molar-refractivity contribution in [3.8, 4) is 0 Å². The first-order valence-corrected chi connectivity index (χ1v) is 7.43. The molecule has 2 rings (SSSR count). The molecule has 0 atom stereocenters. The van der Waals surface area contributed by atoms with Gasteiger partial charge in [0.1, 0.15) is 5.82 Å². The molecule has 0 radical (unpaired) electrons. The Morgan fingerprint density at radius 3 is 2.68 bits per heavy atom. The second-order valence-electron chi connectivity index (χ2n) is 5.54. The Morgan fingerprint density at radius 2 is 2.00 bits per heavy atom. The molecule has 1 aromatic carbocycles. The number of hydrogen-bond acceptors (Lipinski definition) is 2. The third-order valence-corrected chi connectivity index (χ3v) is 3.98. The predicted molar refractivity (Wildman–Crippen MR) is 79.1 cm³/mol. The zero-order valence-electron chi connectivity index (χ0n) is 12.1. The van der Waals surface area contributed by atoms with Gasteiger partial charge in [0.05, 0.1) is 0 Å². The van der Waals surface area contributed by atoms with E-state index in [1.807, 2.05) is 0 Å². The fourth-order valence-corrected chi connectivity index (χ4v) is 2.85. The van der Waals surface area contributed by atoms with Crippen molar-refractivity contribution in [2.75, 3.05) is 18.5 Å². The van der Waals surface area contributed by atoms with Crippen molar-refractivity contribution in [3.63, 3.8) is 0 Å². The van der Waals surface area contributed by atoms with Gasteiger partial charge in [0.2, 0.25) is 0 Å². The molecule has 0 aromatic heterocycles. The van der Waals surface area contributed by atoms with Crippen molar-refractivity contribution >= 4 is 5.69 Å². The van der Waals surface area contributed by atoms with Gasteiger partial charge >= 0.3 is 0 Å². The first kappa shape index (κ1) is 14.3. The lowest BCUT2D eigenvalue weighted by molar-refractivity contribution is 0.611. The molecule has 0 amide bonds. The highest BCUT2D eigenvalue weighted by Crippen LogP contribution is 2.28. The average molecular weight is 264 g/mol. The molecule has 0 saturated heterocycles. The second kappa shape index (κ2) is 6.90. The third kappa shape index (κ3) is 3.93. The van der Waals surface area contributed by atoms with Crippen LogP contribution in [0.4, 0.5) is 10.1 Å². The van der Waals surface area contributed by atoms with Gasteiger partial charge in [-0.3, -0.25) is 0 Å². The van der Waals surface area contributed by atoms with E-state index in [1.165, 1.54) is 25.7 Å². The van der Waals surface area contributed by atoms with Crippen molar-refractivity contribution in [2.45, 2.75) is 51.6 Å². The predicted octanol–water partition coefficient (Wildman–Crippen LogP) is 3.70. The van der Waals surface area contributed by atoms with E-state index in [4.69, 9.17) is 0 Å². The fourth-order valence-electron chi connectivity index (χ4n) is 2.85. The van der Waals surface area contributed by atoms with Gasteiger partial charge in [-0.1, -0.05) is 19.8 Å². The maximum absolute atomic E-state index is 13.7. The Labute approximate surface area is 116 Å². The molecule has 0 bridgehead atoms. The van der Waals surface area contributed by atoms with Gasteiger partial charge in [0.15, 0.2) is 0 Å². The van der Waals surface area contributed by atoms with Gasteiger partial charge < -0.3 is 10.2 Å². The number of benzene rings is 1. The van der Waals surface area contributed by atoms with Gasteiger partial charge in [0.25, 0.3) is 0 Å². The smallest absolute Gasteiger partial charge is 0.125 e. The van der Waals surface area contributed by atoms with Gasteiger partial charge in [-0.05, 0) is 49.6 Å². The van der Waals surface area contributed by atoms with Crippen molar-refractivity contribution in [1.29, 1.82) is 0 Å². The Morgan fingerprint density at radius 1 is 1.26 bits per heavy atom. The largest absolute Gasteiger partial charge is 0.372 e. The highest BCUT2D eigenvalue weighted by Gasteiger charge is 2.20. The number of anilines is 1. The summed E-state index contributed by atoms with van der Waals surface area (Å²) in [4.78, 5) is 2.25. The van der Waals surface area contributed by atoms with E-state index in [0.717, 1.165) is 30.8 Å². The molecule has 1 N–H and O–H groups in total. The van der Waals surface area contributed by atoms with E-state index >= 15 is 0 Å². The second-order valence-corrected chi connectivity index (χ2v) is 5.54. The van der Waals surface area contributed by atoms with Crippen LogP contribution in [0.3, 0.4) is 0 Å². The van der Waals surface area contributed by atoms with Crippen LogP contribution >= 0.6 is 0 Å². The molecule has 2 nitrogen and oxygen atoms in total. The van der Waals surface area contributed by atoms with E-state index in [0.29, 0.717) is 6.04 Å². The Bertz CT molecular complexity index is 400. The number of hydrogen-bond donors (Lipinski definition) is 1. The van der Waals surface area contributed by atoms with Gasteiger partial charge in [0, 0.05) is 25.3 Å². The molecular formula is C16H25FN2. The summed E-state index contributed by atoms with van der Waals surface area (Å²) in [6.45, 7) is 3.86. The van der Waals surface area contributed by atoms with Crippen molar-refractivity contribution in [3.05, 3.63) is 29.6 Å². The first-order chi connectivity index (χ1) is 9.20. The molecule has 1 saturated carbocycles. The van der Waals surface area contributed by atoms with E-state index in [-0.39, 0.29) is 5.82 Å². The standard InChI is InChI=1S/C16H25FN2/c1-3-8-18-12-13-9-14(17)11-16(10-13)19(2)15-6-4-5-7-15/h9-11,15,18H,3-8,12H2,1-2H3. The summed E-state index contributed by atoms with van der Waals surface area (Å²) in [5, 5.41) is 3.33. The van der Waals surface area contributed by atoms with Gasteiger partial charge in [-0.15, -0.1) is 0 Å². The monoisotopic (exact) mass is 264 g/mol. The number of nitrogens with zero attached hydrogens (tertiary/aromatic N) is 1. The molecule has 1 aliphatic rings. The Balaban J connectivity index is 2.06. The van der Waals surface area contributed by atoms with E-state index < -0.39 is 0 Å². The summed E-state index contributed by atoms with van der Waals surface area (Å²) in [5.41, 5.74) is 2.05. The van der Waals surface area contributed by atoms with Crippen LogP contribution in [0.1, 0.15) is 44.6 Å². The Kier molecular flexibility index (Phi) is 5.20. The number of halogens is 1. The van der Waals surface area contributed by atoms with Crippen LogP contribution in [0.5, 0.6) is 0 Å². The molecule has 0 unspecified atom stereocenters. The summed E-state index contributed by atoms with van der Waals surface area (Å²) in [6, 6.07) is 5.98. The molecular weight excluding hydrogens is 239 g/mol. The number of nitrogens with one attached hydrogen (secondary N) is 1. The first-order valence-electron chi connectivity index (χ1n) is 7.43. The minimum absolute atomic E-state index is 0.129. The summed E-state index contributed by atoms with van der Waals surface area (Å²) in [5.74, 6) is -0.129. The highest BCUT2D eigenvalue weighted by molar-refractivity contribution is 5.49. The lowest BCUT2D eigenvalue weighted by Gasteiger charge is -2.27. The molecule has 0 heterocycles. The van der Waals surface area contributed by atoms with Crippen LogP contribution in [0.15, 0.2) is 18.2 Å². The molecule has 0 aliphatic heterocycles. The van der Waals surface area contributed by atoms with Crippen LogP contribution < -0.4 is 10.2 Å². The molecule has 1 fully saturated rings. The van der Waals surface area contributed by atoms with E-state index in [9.17, 15) is 4.39 Å². The van der Waals surface area contributed by atoms with Crippen molar-refractivity contribution < 1.29 is 4.39 Å². The average Bonchev–Trinajstić information content (AvgIpc) is 2.91. The van der Waals surface area contributed by atoms with Crippen molar-refractivity contribution in [1.82, 2.24) is 5.32 Å². The van der Waals surface area contributed by atoms with Crippen LogP contribution in [0.25, 0.3) is 0 Å². The van der Waals surface area contributed by atoms with Gasteiger partial charge in [-0.2, -0.15) is 0 Å². The van der Waals surface area contributed by atoms with Crippen LogP contribution in [-0.2, 0) is 6.54 Å². The minimum atomic E-state index is -0.129. The number of rotatable bonds is 6. The summed E-state index contributed by atoms with van der Waals surface area (Å²) in [6.07, 6.45) is 6.17. The maximum Gasteiger partial charge on any atom is 0.125 e. The van der Waals surface area contributed by atoms with Crippen LogP contribution in [0.2, 0.25) is 0 Å². The zero-order valence-corrected chi connectivity index (χ0v) is 12.1. The van der Waals surface area contributed by atoms with E-state index in [2.05, 4.69) is 30.3 Å². The van der Waals surface area contributed by atoms with Crippen LogP contribution in [0, 0.1) is 5.82 Å². The lowest BCUT2D eigenvalue weighted by atomic mass is 10.1. The van der Waals surface area contributed by atoms with Crippen molar-refractivity contribution in [2.24, 2.45) is 0 Å². The molecule has 1 aromatic rings. The minimum Gasteiger partial charge on any atom is -0.372 e. The SMILES string of the molecule is CCCNCc1cc(F)cc(N(C)C2CCCC2)c1.